The van der Waals surface area contributed by atoms with Gasteiger partial charge >= 0.3 is 11.9 Å². The van der Waals surface area contributed by atoms with Crippen LogP contribution in [-0.2, 0) is 57.0 Å². The smallest absolute Gasteiger partial charge is 0.309 e. The van der Waals surface area contributed by atoms with Crippen LogP contribution in [0.5, 0.6) is 0 Å². The second kappa shape index (κ2) is 52.9. The molecule has 602 valence electrons. The van der Waals surface area contributed by atoms with Gasteiger partial charge in [0.1, 0.15) is 12.2 Å². The molecule has 0 saturated heterocycles. The number of hydrogen-bond acceptors (Lipinski definition) is 12. The Morgan fingerprint density at radius 3 is 0.817 bits per heavy atom. The summed E-state index contributed by atoms with van der Waals surface area (Å²) in [6, 6.07) is 0. The molecule has 12 heteroatoms. The Morgan fingerprint density at radius 2 is 0.510 bits per heavy atom. The molecule has 0 aromatic carbocycles. The van der Waals surface area contributed by atoms with E-state index >= 15 is 9.59 Å². The third-order valence-corrected chi connectivity index (χ3v) is 27.8. The van der Waals surface area contributed by atoms with Crippen LogP contribution in [0, 0.1) is 71.0 Å². The summed E-state index contributed by atoms with van der Waals surface area (Å²) >= 11 is 0. The van der Waals surface area contributed by atoms with Crippen LogP contribution in [0.25, 0.3) is 0 Å². The first kappa shape index (κ1) is 87.4. The van der Waals surface area contributed by atoms with Gasteiger partial charge in [0.2, 0.25) is 0 Å². The minimum atomic E-state index is -0.302. The minimum absolute atomic E-state index is 0.0631. The van der Waals surface area contributed by atoms with Gasteiger partial charge in [-0.3, -0.25) is 9.59 Å². The summed E-state index contributed by atoms with van der Waals surface area (Å²) in [4.78, 5) is 31.7. The Bertz CT molecular complexity index is 2180. The number of hydrogen-bond donors (Lipinski definition) is 0. The normalized spacial score (nSPS) is 32.8. The zero-order chi connectivity index (χ0) is 73.0. The molecule has 8 saturated carbocycles. The van der Waals surface area contributed by atoms with Crippen LogP contribution >= 0.6 is 0 Å². The molecule has 0 radical (unpaired) electrons. The Morgan fingerprint density at radius 1 is 0.260 bits per heavy atom. The number of carbonyl (C=O) groups excluding carboxylic acids is 2. The molecular formula is C92H162O12. The maximum absolute atomic E-state index is 15.8. The highest BCUT2D eigenvalue weighted by molar-refractivity contribution is 5.74. The van der Waals surface area contributed by atoms with Crippen molar-refractivity contribution >= 4 is 11.9 Å². The lowest BCUT2D eigenvalue weighted by atomic mass is 9.61. The van der Waals surface area contributed by atoms with Gasteiger partial charge in [0.15, 0.2) is 0 Å². The van der Waals surface area contributed by atoms with Crippen molar-refractivity contribution in [2.45, 2.75) is 423 Å². The Balaban J connectivity index is 0.983. The van der Waals surface area contributed by atoms with Gasteiger partial charge in [0, 0.05) is 39.6 Å². The average molecular weight is 1460 g/mol. The molecule has 0 N–H and O–H groups in total. The molecule has 0 aromatic rings. The Labute approximate surface area is 638 Å². The van der Waals surface area contributed by atoms with E-state index in [1.807, 2.05) is 0 Å². The third-order valence-electron chi connectivity index (χ3n) is 27.8. The van der Waals surface area contributed by atoms with Crippen molar-refractivity contribution in [3.8, 4) is 0 Å². The van der Waals surface area contributed by atoms with Crippen molar-refractivity contribution in [1.29, 1.82) is 0 Å². The molecule has 8 fully saturated rings. The van der Waals surface area contributed by atoms with E-state index in [9.17, 15) is 0 Å². The topological polar surface area (TPSA) is 126 Å². The van der Waals surface area contributed by atoms with E-state index in [-0.39, 0.29) is 48.2 Å². The van der Waals surface area contributed by atoms with Gasteiger partial charge in [-0.2, -0.15) is 0 Å². The maximum atomic E-state index is 15.8. The van der Waals surface area contributed by atoms with Gasteiger partial charge in [-0.05, 0) is 297 Å². The van der Waals surface area contributed by atoms with E-state index in [4.69, 9.17) is 47.4 Å². The number of esters is 2. The first-order valence-corrected chi connectivity index (χ1v) is 45.8. The third kappa shape index (κ3) is 31.5. The molecule has 104 heavy (non-hydrogen) atoms. The van der Waals surface area contributed by atoms with Gasteiger partial charge < -0.3 is 47.4 Å². The lowest BCUT2D eigenvalue weighted by Crippen LogP contribution is -2.47. The largest absolute Gasteiger partial charge is 0.502 e. The molecule has 8 aliphatic rings. The van der Waals surface area contributed by atoms with Crippen LogP contribution in [0.15, 0.2) is 25.7 Å². The second-order valence-corrected chi connectivity index (χ2v) is 35.1. The fraction of sp³-hybridized carbons (Fsp3) is 0.935. The van der Waals surface area contributed by atoms with E-state index in [0.717, 1.165) is 232 Å². The van der Waals surface area contributed by atoms with Crippen LogP contribution in [0.3, 0.4) is 0 Å². The summed E-state index contributed by atoms with van der Waals surface area (Å²) in [5.41, 5.74) is 0. The molecule has 0 spiro atoms. The fourth-order valence-corrected chi connectivity index (χ4v) is 21.4. The van der Waals surface area contributed by atoms with Crippen LogP contribution in [-0.4, -0.2) is 114 Å². The zero-order valence-corrected chi connectivity index (χ0v) is 67.9. The van der Waals surface area contributed by atoms with Crippen molar-refractivity contribution < 1.29 is 57.0 Å². The molecule has 12 nitrogen and oxygen atoms in total. The molecular weight excluding hydrogens is 1300 g/mol. The molecule has 0 bridgehead atoms. The van der Waals surface area contributed by atoms with Crippen molar-refractivity contribution in [3.05, 3.63) is 25.7 Å². The Hall–Kier alpha value is -2.22. The molecule has 0 aromatic heterocycles. The number of unbranched alkanes of at least 4 members (excludes halogenated alkanes) is 20. The summed E-state index contributed by atoms with van der Waals surface area (Å²) in [6.45, 7) is 22.9. The average Bonchev–Trinajstić information content (AvgIpc) is 0.798. The second-order valence-electron chi connectivity index (χ2n) is 35.1. The summed E-state index contributed by atoms with van der Waals surface area (Å²) in [5, 5.41) is 0. The van der Waals surface area contributed by atoms with Crippen LogP contribution < -0.4 is 0 Å². The predicted molar refractivity (Wildman–Crippen MR) is 424 cm³/mol. The van der Waals surface area contributed by atoms with Gasteiger partial charge in [0.25, 0.3) is 0 Å². The van der Waals surface area contributed by atoms with E-state index in [1.54, 1.807) is 12.5 Å². The van der Waals surface area contributed by atoms with Gasteiger partial charge in [-0.15, -0.1) is 0 Å². The lowest BCUT2D eigenvalue weighted by molar-refractivity contribution is -0.180. The first-order chi connectivity index (χ1) is 51.2. The molecule has 8 aliphatic carbocycles. The summed E-state index contributed by atoms with van der Waals surface area (Å²) in [5.74, 6) is 4.74. The van der Waals surface area contributed by atoms with Crippen molar-refractivity contribution in [2.24, 2.45) is 71.0 Å². The van der Waals surface area contributed by atoms with E-state index in [0.29, 0.717) is 103 Å². The number of ether oxygens (including phenoxy) is 10. The summed E-state index contributed by atoms with van der Waals surface area (Å²) in [7, 11) is 0. The fourth-order valence-electron chi connectivity index (χ4n) is 21.4. The first-order valence-electron chi connectivity index (χ1n) is 45.8. The monoisotopic (exact) mass is 1460 g/mol. The zero-order valence-electron chi connectivity index (χ0n) is 67.9. The molecule has 0 aliphatic heterocycles. The molecule has 0 amide bonds. The number of carbonyl (C=O) groups is 2. The molecule has 12 atom stereocenters. The summed E-state index contributed by atoms with van der Waals surface area (Å²) < 4.78 is 65.6. The van der Waals surface area contributed by atoms with E-state index < -0.39 is 0 Å². The van der Waals surface area contributed by atoms with Gasteiger partial charge in [0.05, 0.1) is 74.2 Å². The van der Waals surface area contributed by atoms with Gasteiger partial charge in [-0.1, -0.05) is 150 Å². The molecule has 0 heterocycles. The predicted octanol–water partition coefficient (Wildman–Crippen LogP) is 24.1. The highest BCUT2D eigenvalue weighted by Gasteiger charge is 2.49. The maximum Gasteiger partial charge on any atom is 0.309 e. The molecule has 12 unspecified atom stereocenters. The molecule has 8 rings (SSSR count). The number of rotatable bonds is 53. The minimum Gasteiger partial charge on any atom is -0.502 e. The van der Waals surface area contributed by atoms with Crippen LogP contribution in [0.2, 0.25) is 0 Å². The van der Waals surface area contributed by atoms with E-state index in [2.05, 4.69) is 40.9 Å². The standard InChI is InChI=1S/C92H162O12/c1-7-13-17-29-61-97-79-47-35-71(36-48-79)75-43-55-83(73-39-51-81(52-40-73)99-63-31-19-15-9-3)85(67-75)91(93)103-89-69-77(45-57-87(89)101-65-33-24-22-21-23-27-59-95-11-5)78-46-58-88(102-66-34-26-25-28-60-96-12-6)90(70-78)104-92(94)86-68-76(72-37-49-80(50-38-72)98-62-30-18-14-8-2)44-56-84(86)74-41-53-82(54-42-74)100-64-32-20-16-10-4/h11-12,71-90H,5-10,13-70H2,1-4H3. The van der Waals surface area contributed by atoms with Crippen molar-refractivity contribution in [1.82, 2.24) is 0 Å². The van der Waals surface area contributed by atoms with Crippen molar-refractivity contribution in [2.75, 3.05) is 52.9 Å². The summed E-state index contributed by atoms with van der Waals surface area (Å²) in [6.07, 6.45) is 65.0. The highest BCUT2D eigenvalue weighted by Crippen LogP contribution is 2.52. The van der Waals surface area contributed by atoms with Crippen molar-refractivity contribution in [3.63, 3.8) is 0 Å². The Kier molecular flexibility index (Phi) is 44.4. The van der Waals surface area contributed by atoms with E-state index in [1.165, 1.54) is 148 Å². The van der Waals surface area contributed by atoms with Gasteiger partial charge in [-0.25, -0.2) is 0 Å². The van der Waals surface area contributed by atoms with Crippen LogP contribution in [0.1, 0.15) is 374 Å². The lowest BCUT2D eigenvalue weighted by Gasteiger charge is -2.46. The van der Waals surface area contributed by atoms with Crippen LogP contribution in [0.4, 0.5) is 0 Å². The SMILES string of the molecule is C=COCCCCCCCCOC1CCC(C2CCC(OCCCCCCOC=C)C(OC(=O)C3CC(C4CCC(OCCCCCC)CC4)CCC3C3CCC(OCCCCCC)CC3)C2)CC1OC(=O)C1CC(C2CCC(OCCCCCC)CC2)CCC1C1CCC(OCCCCCC)CC1. The quantitative estimate of drug-likeness (QED) is 0.0327. The highest BCUT2D eigenvalue weighted by atomic mass is 16.6.